The second-order valence-electron chi connectivity index (χ2n) is 5.98. The number of amides is 2. The highest BCUT2D eigenvalue weighted by atomic mass is 32.2. The summed E-state index contributed by atoms with van der Waals surface area (Å²) in [7, 11) is -0.598. The molecule has 0 saturated heterocycles. The predicted molar refractivity (Wildman–Crippen MR) is 108 cm³/mol. The van der Waals surface area contributed by atoms with Crippen molar-refractivity contribution in [1.29, 1.82) is 0 Å². The van der Waals surface area contributed by atoms with Crippen LogP contribution in [-0.2, 0) is 19.6 Å². The number of carbonyl (C=O) groups excluding carboxylic acids is 2. The zero-order valence-electron chi connectivity index (χ0n) is 15.7. The molecule has 1 aromatic heterocycles. The van der Waals surface area contributed by atoms with Gasteiger partial charge in [-0.25, -0.2) is 8.42 Å². The van der Waals surface area contributed by atoms with Crippen LogP contribution in [0, 0.1) is 0 Å². The quantitative estimate of drug-likeness (QED) is 0.565. The van der Waals surface area contributed by atoms with Crippen LogP contribution in [0.4, 0.5) is 5.69 Å². The Labute approximate surface area is 168 Å². The average Bonchev–Trinajstić information content (AvgIpc) is 3.20. The van der Waals surface area contributed by atoms with Crippen molar-refractivity contribution in [2.45, 2.75) is 10.6 Å². The average molecular weight is 426 g/mol. The van der Waals surface area contributed by atoms with Gasteiger partial charge in [-0.2, -0.15) is 0 Å². The third kappa shape index (κ3) is 6.32. The first-order valence-corrected chi connectivity index (χ1v) is 10.9. The van der Waals surface area contributed by atoms with Gasteiger partial charge in [0.1, 0.15) is 4.21 Å². The van der Waals surface area contributed by atoms with Crippen molar-refractivity contribution < 1.29 is 22.7 Å². The SMILES string of the molecule is COCCCNC(=O)CN(C)C(=O)c1cccc(NS(=O)(=O)c2cccs2)c1. The van der Waals surface area contributed by atoms with Gasteiger partial charge in [0.25, 0.3) is 15.9 Å². The third-order valence-electron chi connectivity index (χ3n) is 3.70. The summed E-state index contributed by atoms with van der Waals surface area (Å²) in [5, 5.41) is 4.38. The summed E-state index contributed by atoms with van der Waals surface area (Å²) in [4.78, 5) is 25.7. The van der Waals surface area contributed by atoms with E-state index >= 15 is 0 Å². The Morgan fingerprint density at radius 2 is 2.00 bits per heavy atom. The molecule has 0 atom stereocenters. The van der Waals surface area contributed by atoms with E-state index in [0.29, 0.717) is 19.6 Å². The lowest BCUT2D eigenvalue weighted by atomic mass is 10.2. The maximum Gasteiger partial charge on any atom is 0.271 e. The van der Waals surface area contributed by atoms with Crippen LogP contribution in [0.25, 0.3) is 0 Å². The van der Waals surface area contributed by atoms with Gasteiger partial charge in [-0.3, -0.25) is 14.3 Å². The number of methoxy groups -OCH3 is 1. The first-order valence-electron chi connectivity index (χ1n) is 8.51. The molecule has 0 aliphatic heterocycles. The molecule has 28 heavy (non-hydrogen) atoms. The number of benzene rings is 1. The number of carbonyl (C=O) groups is 2. The van der Waals surface area contributed by atoms with Gasteiger partial charge in [-0.1, -0.05) is 12.1 Å². The largest absolute Gasteiger partial charge is 0.385 e. The normalized spacial score (nSPS) is 11.1. The molecule has 2 N–H and O–H groups in total. The summed E-state index contributed by atoms with van der Waals surface area (Å²) in [6.07, 6.45) is 0.687. The van der Waals surface area contributed by atoms with Gasteiger partial charge in [0, 0.05) is 38.6 Å². The number of hydrogen-bond acceptors (Lipinski definition) is 6. The van der Waals surface area contributed by atoms with Crippen LogP contribution in [0.15, 0.2) is 46.0 Å². The minimum Gasteiger partial charge on any atom is -0.385 e. The Bertz CT molecular complexity index is 898. The van der Waals surface area contributed by atoms with Crippen LogP contribution in [0.2, 0.25) is 0 Å². The fourth-order valence-electron chi connectivity index (χ4n) is 2.35. The Morgan fingerprint density at radius 1 is 1.21 bits per heavy atom. The van der Waals surface area contributed by atoms with Crippen molar-refractivity contribution in [3.63, 3.8) is 0 Å². The summed E-state index contributed by atoms with van der Waals surface area (Å²) < 4.78 is 32.2. The molecule has 0 fully saturated rings. The van der Waals surface area contributed by atoms with Crippen molar-refractivity contribution in [2.24, 2.45) is 0 Å². The van der Waals surface area contributed by atoms with Crippen molar-refractivity contribution in [2.75, 3.05) is 38.6 Å². The van der Waals surface area contributed by atoms with Gasteiger partial charge in [0.05, 0.1) is 6.54 Å². The zero-order valence-corrected chi connectivity index (χ0v) is 17.3. The number of rotatable bonds is 10. The number of thiophene rings is 1. The molecule has 8 nitrogen and oxygen atoms in total. The molecule has 10 heteroatoms. The molecule has 152 valence electrons. The van der Waals surface area contributed by atoms with Crippen molar-refractivity contribution in [1.82, 2.24) is 10.2 Å². The van der Waals surface area contributed by atoms with Crippen LogP contribution >= 0.6 is 11.3 Å². The smallest absolute Gasteiger partial charge is 0.271 e. The molecule has 0 aliphatic rings. The molecule has 0 aliphatic carbocycles. The lowest BCUT2D eigenvalue weighted by molar-refractivity contribution is -0.121. The molecule has 1 heterocycles. The Balaban J connectivity index is 1.98. The van der Waals surface area contributed by atoms with E-state index in [1.807, 2.05) is 0 Å². The van der Waals surface area contributed by atoms with Gasteiger partial charge >= 0.3 is 0 Å². The Hall–Kier alpha value is -2.43. The number of anilines is 1. The van der Waals surface area contributed by atoms with E-state index in [9.17, 15) is 18.0 Å². The molecule has 2 aromatic rings. The van der Waals surface area contributed by atoms with Crippen LogP contribution < -0.4 is 10.0 Å². The lowest BCUT2D eigenvalue weighted by Crippen LogP contribution is -2.38. The minimum atomic E-state index is -3.70. The maximum absolute atomic E-state index is 12.6. The summed E-state index contributed by atoms with van der Waals surface area (Å²) in [5.74, 6) is -0.661. The van der Waals surface area contributed by atoms with Gasteiger partial charge in [0.15, 0.2) is 0 Å². The highest BCUT2D eigenvalue weighted by Gasteiger charge is 2.18. The molecule has 0 radical (unpaired) electrons. The molecular formula is C18H23N3O5S2. The first kappa shape index (κ1) is 21.9. The summed E-state index contributed by atoms with van der Waals surface area (Å²) >= 11 is 1.10. The summed E-state index contributed by atoms with van der Waals surface area (Å²) in [6.45, 7) is 0.912. The maximum atomic E-state index is 12.6. The van der Waals surface area contributed by atoms with Gasteiger partial charge in [-0.15, -0.1) is 11.3 Å². The van der Waals surface area contributed by atoms with Crippen molar-refractivity contribution in [3.8, 4) is 0 Å². The molecule has 1 aromatic carbocycles. The zero-order chi connectivity index (χ0) is 20.6. The molecule has 0 unspecified atom stereocenters. The van der Waals surface area contributed by atoms with Crippen LogP contribution in [-0.4, -0.2) is 59.0 Å². The molecule has 2 rings (SSSR count). The Morgan fingerprint density at radius 3 is 2.68 bits per heavy atom. The van der Waals surface area contributed by atoms with E-state index in [-0.39, 0.29) is 33.8 Å². The highest BCUT2D eigenvalue weighted by molar-refractivity contribution is 7.94. The van der Waals surface area contributed by atoms with E-state index in [1.165, 1.54) is 24.1 Å². The Kier molecular flexibility index (Phi) is 7.97. The number of nitrogens with zero attached hydrogens (tertiary/aromatic N) is 1. The van der Waals surface area contributed by atoms with Crippen molar-refractivity contribution >= 4 is 38.9 Å². The number of sulfonamides is 1. The van der Waals surface area contributed by atoms with Crippen molar-refractivity contribution in [3.05, 3.63) is 47.3 Å². The number of likely N-dealkylation sites (N-methyl/N-ethyl adjacent to an activating group) is 1. The monoisotopic (exact) mass is 425 g/mol. The fourth-order valence-corrected chi connectivity index (χ4v) is 4.39. The predicted octanol–water partition coefficient (Wildman–Crippen LogP) is 1.77. The topological polar surface area (TPSA) is 105 Å². The van der Waals surface area contributed by atoms with Crippen LogP contribution in [0.5, 0.6) is 0 Å². The van der Waals surface area contributed by atoms with E-state index < -0.39 is 10.0 Å². The first-order chi connectivity index (χ1) is 13.3. The second kappa shape index (κ2) is 10.2. The lowest BCUT2D eigenvalue weighted by Gasteiger charge is -2.17. The molecular weight excluding hydrogens is 402 g/mol. The highest BCUT2D eigenvalue weighted by Crippen LogP contribution is 2.21. The number of ether oxygens (including phenoxy) is 1. The number of hydrogen-bond donors (Lipinski definition) is 2. The third-order valence-corrected chi connectivity index (χ3v) is 6.48. The van der Waals surface area contributed by atoms with E-state index in [1.54, 1.807) is 36.8 Å². The van der Waals surface area contributed by atoms with Gasteiger partial charge < -0.3 is 15.0 Å². The van der Waals surface area contributed by atoms with E-state index in [0.717, 1.165) is 11.3 Å². The molecule has 0 saturated carbocycles. The summed E-state index contributed by atoms with van der Waals surface area (Å²) in [5.41, 5.74) is 0.553. The standard InChI is InChI=1S/C18H23N3O5S2/c1-21(13-16(22)19-9-5-10-26-2)18(23)14-6-3-7-15(12-14)20-28(24,25)17-8-4-11-27-17/h3-4,6-8,11-12,20H,5,9-10,13H2,1-2H3,(H,19,22). The fraction of sp³-hybridized carbons (Fsp3) is 0.333. The minimum absolute atomic E-state index is 0.100. The van der Waals surface area contributed by atoms with Gasteiger partial charge in [0.2, 0.25) is 5.91 Å². The molecule has 2 amide bonds. The van der Waals surface area contributed by atoms with Crippen LogP contribution in [0.3, 0.4) is 0 Å². The van der Waals surface area contributed by atoms with Gasteiger partial charge in [-0.05, 0) is 36.1 Å². The molecule has 0 spiro atoms. The van der Waals surface area contributed by atoms with Crippen LogP contribution in [0.1, 0.15) is 16.8 Å². The molecule has 0 bridgehead atoms. The van der Waals surface area contributed by atoms with E-state index in [2.05, 4.69) is 10.0 Å². The summed E-state index contributed by atoms with van der Waals surface area (Å²) in [6, 6.07) is 9.30. The second-order valence-corrected chi connectivity index (χ2v) is 8.83. The number of nitrogens with one attached hydrogen (secondary N) is 2. The van der Waals surface area contributed by atoms with E-state index in [4.69, 9.17) is 4.74 Å².